The van der Waals surface area contributed by atoms with Crippen LogP contribution >= 0.6 is 0 Å². The van der Waals surface area contributed by atoms with Crippen molar-refractivity contribution in [1.29, 1.82) is 0 Å². The molecule has 1 fully saturated rings. The van der Waals surface area contributed by atoms with Gasteiger partial charge in [-0.2, -0.15) is 18.3 Å². The number of aromatic nitrogens is 2. The number of hydrogen-bond donors (Lipinski definition) is 2. The fourth-order valence-corrected chi connectivity index (χ4v) is 2.87. The average Bonchev–Trinajstić information content (AvgIpc) is 2.88. The molecule has 2 N–H and O–H groups in total. The number of aromatic amines is 1. The lowest BCUT2D eigenvalue weighted by Crippen LogP contribution is -2.32. The molecule has 3 rings (SSSR count). The lowest BCUT2D eigenvalue weighted by atomic mass is 9.85. The standard InChI is InChI=1S/C14H16F3N3/c15-14(16,17)10-4-6-11(7-5-10)19-12-3-1-2-9-8-18-20-13(9)12/h1-3,8,10-11,19H,4-7H2,(H,18,20). The highest BCUT2D eigenvalue weighted by molar-refractivity contribution is 5.89. The van der Waals surface area contributed by atoms with Gasteiger partial charge in [-0.3, -0.25) is 5.10 Å². The number of rotatable bonds is 2. The molecule has 0 aliphatic heterocycles. The number of fused-ring (bicyclic) bond motifs is 1. The Labute approximate surface area is 114 Å². The van der Waals surface area contributed by atoms with Crippen molar-refractivity contribution in [3.8, 4) is 0 Å². The minimum absolute atomic E-state index is 0.0995. The second-order valence-corrected chi connectivity index (χ2v) is 5.37. The summed E-state index contributed by atoms with van der Waals surface area (Å²) in [6, 6.07) is 5.89. The first-order valence-corrected chi connectivity index (χ1v) is 6.79. The molecular weight excluding hydrogens is 267 g/mol. The molecule has 1 aliphatic rings. The maximum absolute atomic E-state index is 12.6. The van der Waals surface area contributed by atoms with Gasteiger partial charge >= 0.3 is 6.18 Å². The Morgan fingerprint density at radius 3 is 2.60 bits per heavy atom. The third-order valence-corrected chi connectivity index (χ3v) is 4.03. The summed E-state index contributed by atoms with van der Waals surface area (Å²) in [6.45, 7) is 0. The van der Waals surface area contributed by atoms with Crippen molar-refractivity contribution in [1.82, 2.24) is 10.2 Å². The smallest absolute Gasteiger partial charge is 0.381 e. The predicted octanol–water partition coefficient (Wildman–Crippen LogP) is 4.10. The molecule has 0 amide bonds. The molecule has 2 aromatic rings. The summed E-state index contributed by atoms with van der Waals surface area (Å²) < 4.78 is 37.9. The maximum Gasteiger partial charge on any atom is 0.391 e. The summed E-state index contributed by atoms with van der Waals surface area (Å²) in [6.07, 6.45) is -0.793. The van der Waals surface area contributed by atoms with Crippen LogP contribution in [-0.2, 0) is 0 Å². The minimum atomic E-state index is -4.05. The zero-order chi connectivity index (χ0) is 14.2. The van der Waals surface area contributed by atoms with E-state index in [1.807, 2.05) is 18.2 Å². The Morgan fingerprint density at radius 1 is 1.15 bits per heavy atom. The summed E-state index contributed by atoms with van der Waals surface area (Å²) in [5, 5.41) is 11.2. The molecule has 0 saturated heterocycles. The lowest BCUT2D eigenvalue weighted by Gasteiger charge is -2.30. The van der Waals surface area contributed by atoms with Crippen molar-refractivity contribution in [2.75, 3.05) is 5.32 Å². The first kappa shape index (κ1) is 13.3. The molecule has 0 atom stereocenters. The fraction of sp³-hybridized carbons (Fsp3) is 0.500. The van der Waals surface area contributed by atoms with E-state index in [0.29, 0.717) is 12.8 Å². The van der Waals surface area contributed by atoms with Crippen LogP contribution in [0.4, 0.5) is 18.9 Å². The summed E-state index contributed by atoms with van der Waals surface area (Å²) in [7, 11) is 0. The molecule has 1 heterocycles. The van der Waals surface area contributed by atoms with E-state index in [1.54, 1.807) is 6.20 Å². The predicted molar refractivity (Wildman–Crippen MR) is 71.5 cm³/mol. The number of H-pyrrole nitrogens is 1. The van der Waals surface area contributed by atoms with Gasteiger partial charge in [-0.25, -0.2) is 0 Å². The number of alkyl halides is 3. The van der Waals surface area contributed by atoms with Crippen molar-refractivity contribution in [2.24, 2.45) is 5.92 Å². The Bertz CT molecular complexity index is 583. The molecule has 0 unspecified atom stereocenters. The molecule has 1 aromatic heterocycles. The number of nitrogens with zero attached hydrogens (tertiary/aromatic N) is 1. The van der Waals surface area contributed by atoms with Crippen LogP contribution in [-0.4, -0.2) is 22.4 Å². The summed E-state index contributed by atoms with van der Waals surface area (Å²) in [5.41, 5.74) is 1.82. The van der Waals surface area contributed by atoms with Gasteiger partial charge in [-0.05, 0) is 31.7 Å². The van der Waals surface area contributed by atoms with E-state index in [-0.39, 0.29) is 18.9 Å². The van der Waals surface area contributed by atoms with Crippen LogP contribution in [0, 0.1) is 5.92 Å². The van der Waals surface area contributed by atoms with Crippen LogP contribution < -0.4 is 5.32 Å². The Kier molecular flexibility index (Phi) is 3.31. The van der Waals surface area contributed by atoms with Crippen molar-refractivity contribution in [3.63, 3.8) is 0 Å². The first-order chi connectivity index (χ1) is 9.54. The van der Waals surface area contributed by atoms with E-state index in [0.717, 1.165) is 16.6 Å². The molecule has 1 aliphatic carbocycles. The Morgan fingerprint density at radius 2 is 1.90 bits per heavy atom. The number of para-hydroxylation sites is 1. The molecule has 0 spiro atoms. The molecular formula is C14H16F3N3. The highest BCUT2D eigenvalue weighted by Crippen LogP contribution is 2.38. The second-order valence-electron chi connectivity index (χ2n) is 5.37. The van der Waals surface area contributed by atoms with Crippen LogP contribution in [0.25, 0.3) is 10.9 Å². The van der Waals surface area contributed by atoms with Crippen LogP contribution in [0.3, 0.4) is 0 Å². The van der Waals surface area contributed by atoms with Crippen LogP contribution in [0.5, 0.6) is 0 Å². The van der Waals surface area contributed by atoms with E-state index < -0.39 is 12.1 Å². The minimum Gasteiger partial charge on any atom is -0.381 e. The third-order valence-electron chi connectivity index (χ3n) is 4.03. The Hall–Kier alpha value is -1.72. The van der Waals surface area contributed by atoms with E-state index in [1.165, 1.54) is 0 Å². The fourth-order valence-electron chi connectivity index (χ4n) is 2.87. The largest absolute Gasteiger partial charge is 0.391 e. The van der Waals surface area contributed by atoms with Gasteiger partial charge in [0.2, 0.25) is 0 Å². The van der Waals surface area contributed by atoms with Gasteiger partial charge in [0, 0.05) is 11.4 Å². The van der Waals surface area contributed by atoms with E-state index in [9.17, 15) is 13.2 Å². The number of nitrogens with one attached hydrogen (secondary N) is 2. The molecule has 0 bridgehead atoms. The summed E-state index contributed by atoms with van der Waals surface area (Å²) in [5.74, 6) is -1.14. The van der Waals surface area contributed by atoms with Gasteiger partial charge in [-0.1, -0.05) is 12.1 Å². The highest BCUT2D eigenvalue weighted by Gasteiger charge is 2.41. The van der Waals surface area contributed by atoms with Gasteiger partial charge in [0.05, 0.1) is 23.3 Å². The van der Waals surface area contributed by atoms with Gasteiger partial charge in [0.1, 0.15) is 0 Å². The zero-order valence-corrected chi connectivity index (χ0v) is 10.9. The highest BCUT2D eigenvalue weighted by atomic mass is 19.4. The molecule has 1 aromatic carbocycles. The molecule has 6 heteroatoms. The van der Waals surface area contributed by atoms with E-state index >= 15 is 0 Å². The van der Waals surface area contributed by atoms with Gasteiger partial charge < -0.3 is 5.32 Å². The van der Waals surface area contributed by atoms with Crippen molar-refractivity contribution in [3.05, 3.63) is 24.4 Å². The average molecular weight is 283 g/mol. The van der Waals surface area contributed by atoms with Crippen molar-refractivity contribution < 1.29 is 13.2 Å². The van der Waals surface area contributed by atoms with Gasteiger partial charge in [0.25, 0.3) is 0 Å². The maximum atomic E-state index is 12.6. The van der Waals surface area contributed by atoms with E-state index in [4.69, 9.17) is 0 Å². The van der Waals surface area contributed by atoms with Gasteiger partial charge in [-0.15, -0.1) is 0 Å². The van der Waals surface area contributed by atoms with Crippen LogP contribution in [0.1, 0.15) is 25.7 Å². The lowest BCUT2D eigenvalue weighted by molar-refractivity contribution is -0.182. The number of anilines is 1. The monoisotopic (exact) mass is 283 g/mol. The van der Waals surface area contributed by atoms with Crippen molar-refractivity contribution >= 4 is 16.6 Å². The molecule has 108 valence electrons. The molecule has 0 radical (unpaired) electrons. The normalized spacial score (nSPS) is 23.9. The molecule has 1 saturated carbocycles. The third kappa shape index (κ3) is 2.59. The van der Waals surface area contributed by atoms with Crippen LogP contribution in [0.2, 0.25) is 0 Å². The first-order valence-electron chi connectivity index (χ1n) is 6.79. The number of hydrogen-bond acceptors (Lipinski definition) is 2. The number of benzene rings is 1. The van der Waals surface area contributed by atoms with Gasteiger partial charge in [0.15, 0.2) is 0 Å². The van der Waals surface area contributed by atoms with Crippen molar-refractivity contribution in [2.45, 2.75) is 37.9 Å². The van der Waals surface area contributed by atoms with E-state index in [2.05, 4.69) is 15.5 Å². The quantitative estimate of drug-likeness (QED) is 0.871. The SMILES string of the molecule is FC(F)(F)C1CCC(Nc2cccc3cn[nH]c23)CC1. The Balaban J connectivity index is 1.67. The van der Waals surface area contributed by atoms with Crippen LogP contribution in [0.15, 0.2) is 24.4 Å². The molecule has 20 heavy (non-hydrogen) atoms. The molecule has 3 nitrogen and oxygen atoms in total. The number of halogens is 3. The zero-order valence-electron chi connectivity index (χ0n) is 10.9. The summed E-state index contributed by atoms with van der Waals surface area (Å²) in [4.78, 5) is 0. The second kappa shape index (κ2) is 5.00. The summed E-state index contributed by atoms with van der Waals surface area (Å²) >= 11 is 0. The topological polar surface area (TPSA) is 40.7 Å².